The van der Waals surface area contributed by atoms with E-state index in [4.69, 9.17) is 4.74 Å². The highest BCUT2D eigenvalue weighted by Crippen LogP contribution is 2.29. The van der Waals surface area contributed by atoms with Crippen molar-refractivity contribution < 1.29 is 9.53 Å². The van der Waals surface area contributed by atoms with E-state index in [9.17, 15) is 4.79 Å². The lowest BCUT2D eigenvalue weighted by Gasteiger charge is -2.15. The maximum Gasteiger partial charge on any atom is 0.238 e. The van der Waals surface area contributed by atoms with Crippen molar-refractivity contribution in [1.29, 1.82) is 0 Å². The number of carbonyl (C=O) groups is 1. The van der Waals surface area contributed by atoms with Crippen molar-refractivity contribution in [3.05, 3.63) is 24.3 Å². The zero-order chi connectivity index (χ0) is 14.4. The number of para-hydroxylation sites is 2. The van der Waals surface area contributed by atoms with Crippen molar-refractivity contribution >= 4 is 39.5 Å². The number of methoxy groups -OCH3 is 1. The zero-order valence-electron chi connectivity index (χ0n) is 11.6. The van der Waals surface area contributed by atoms with Crippen LogP contribution in [0.2, 0.25) is 0 Å². The number of hydrogen-bond acceptors (Lipinski definition) is 5. The summed E-state index contributed by atoms with van der Waals surface area (Å²) in [5.41, 5.74) is 0.708. The molecule has 0 radical (unpaired) electrons. The Hall–Kier alpha value is -1.14. The van der Waals surface area contributed by atoms with Crippen molar-refractivity contribution in [2.75, 3.05) is 24.7 Å². The first-order valence-corrected chi connectivity index (χ1v) is 8.39. The van der Waals surface area contributed by atoms with E-state index in [2.05, 4.69) is 10.3 Å². The largest absolute Gasteiger partial charge is 0.495 e. The van der Waals surface area contributed by atoms with Gasteiger partial charge in [0.05, 0.1) is 24.6 Å². The number of ether oxygens (including phenoxy) is 1. The molecule has 1 unspecified atom stereocenters. The van der Waals surface area contributed by atoms with Crippen molar-refractivity contribution in [2.24, 2.45) is 4.99 Å². The fourth-order valence-corrected chi connectivity index (χ4v) is 3.94. The second-order valence-electron chi connectivity index (χ2n) is 4.20. The van der Waals surface area contributed by atoms with Crippen LogP contribution < -0.4 is 10.1 Å². The molecule has 1 aromatic carbocycles. The smallest absolute Gasteiger partial charge is 0.238 e. The molecule has 0 saturated carbocycles. The Morgan fingerprint density at radius 2 is 2.35 bits per heavy atom. The normalized spacial score (nSPS) is 15.6. The number of nitrogens with zero attached hydrogens (tertiary/aromatic N) is 1. The lowest BCUT2D eigenvalue weighted by atomic mass is 10.2. The van der Waals surface area contributed by atoms with Gasteiger partial charge < -0.3 is 10.1 Å². The molecule has 1 atom stereocenters. The second kappa shape index (κ2) is 7.59. The van der Waals surface area contributed by atoms with Gasteiger partial charge in [-0.1, -0.05) is 42.6 Å². The Labute approximate surface area is 127 Å². The number of rotatable bonds is 5. The third-order valence-corrected chi connectivity index (χ3v) is 5.40. The molecule has 2 rings (SSSR count). The summed E-state index contributed by atoms with van der Waals surface area (Å²) in [6.45, 7) is 2.87. The Balaban J connectivity index is 2.01. The van der Waals surface area contributed by atoms with Gasteiger partial charge in [-0.3, -0.25) is 9.79 Å². The molecular weight excluding hydrogens is 292 g/mol. The maximum absolute atomic E-state index is 12.3. The molecule has 0 fully saturated rings. The van der Waals surface area contributed by atoms with Gasteiger partial charge in [0.2, 0.25) is 5.91 Å². The van der Waals surface area contributed by atoms with E-state index in [1.165, 1.54) is 0 Å². The quantitative estimate of drug-likeness (QED) is 0.907. The first kappa shape index (κ1) is 15.3. The number of carbonyl (C=O) groups excluding carboxylic acids is 1. The molecule has 0 spiro atoms. The van der Waals surface area contributed by atoms with E-state index in [-0.39, 0.29) is 11.2 Å². The molecule has 0 aliphatic carbocycles. The van der Waals surface area contributed by atoms with Crippen LogP contribution >= 0.6 is 23.5 Å². The molecule has 1 aliphatic rings. The molecule has 4 nitrogen and oxygen atoms in total. The zero-order valence-corrected chi connectivity index (χ0v) is 13.2. The van der Waals surface area contributed by atoms with Gasteiger partial charge in [-0.05, 0) is 18.6 Å². The minimum atomic E-state index is -0.121. The summed E-state index contributed by atoms with van der Waals surface area (Å²) in [7, 11) is 1.60. The molecule has 6 heteroatoms. The molecule has 1 aromatic rings. The average molecular weight is 310 g/mol. The van der Waals surface area contributed by atoms with E-state index in [1.807, 2.05) is 31.2 Å². The summed E-state index contributed by atoms with van der Waals surface area (Å²) in [4.78, 5) is 16.7. The third kappa shape index (κ3) is 3.93. The van der Waals surface area contributed by atoms with E-state index in [0.717, 1.165) is 23.1 Å². The van der Waals surface area contributed by atoms with Gasteiger partial charge >= 0.3 is 0 Å². The minimum absolute atomic E-state index is 0.00259. The summed E-state index contributed by atoms with van der Waals surface area (Å²) in [6, 6.07) is 7.43. The summed E-state index contributed by atoms with van der Waals surface area (Å²) < 4.78 is 6.26. The number of nitrogens with one attached hydrogen (secondary N) is 1. The summed E-state index contributed by atoms with van der Waals surface area (Å²) in [6.07, 6.45) is 0.769. The van der Waals surface area contributed by atoms with Gasteiger partial charge in [-0.15, -0.1) is 0 Å². The van der Waals surface area contributed by atoms with Crippen LogP contribution in [-0.4, -0.2) is 34.9 Å². The number of thioether (sulfide) groups is 2. The van der Waals surface area contributed by atoms with Crippen LogP contribution in [0.15, 0.2) is 29.3 Å². The lowest BCUT2D eigenvalue weighted by Crippen LogP contribution is -2.25. The van der Waals surface area contributed by atoms with Crippen LogP contribution in [-0.2, 0) is 4.79 Å². The molecule has 20 heavy (non-hydrogen) atoms. The molecule has 108 valence electrons. The minimum Gasteiger partial charge on any atom is -0.495 e. The highest BCUT2D eigenvalue weighted by Gasteiger charge is 2.22. The third-order valence-electron chi connectivity index (χ3n) is 2.83. The number of anilines is 1. The van der Waals surface area contributed by atoms with Gasteiger partial charge in [0, 0.05) is 5.75 Å². The maximum atomic E-state index is 12.3. The van der Waals surface area contributed by atoms with Crippen LogP contribution in [0.3, 0.4) is 0 Å². The van der Waals surface area contributed by atoms with Crippen molar-refractivity contribution in [2.45, 2.75) is 18.6 Å². The summed E-state index contributed by atoms with van der Waals surface area (Å²) in [5.74, 6) is 1.69. The second-order valence-corrected chi connectivity index (χ2v) is 6.73. The Kier molecular flexibility index (Phi) is 5.79. The van der Waals surface area contributed by atoms with Crippen LogP contribution in [0.4, 0.5) is 5.69 Å². The van der Waals surface area contributed by atoms with Crippen LogP contribution in [0, 0.1) is 0 Å². The standard InChI is InChI=1S/C14H18N2O2S2/c1-3-12(20-14-15-8-9-19-14)13(17)16-10-6-4-5-7-11(10)18-2/h4-7,12H,3,8-9H2,1-2H3,(H,16,17). The Morgan fingerprint density at radius 3 is 3.00 bits per heavy atom. The molecule has 1 N–H and O–H groups in total. The van der Waals surface area contributed by atoms with Gasteiger partial charge in [0.1, 0.15) is 10.1 Å². The number of benzene rings is 1. The van der Waals surface area contributed by atoms with Crippen LogP contribution in [0.5, 0.6) is 5.75 Å². The number of hydrogen-bond donors (Lipinski definition) is 1. The van der Waals surface area contributed by atoms with Gasteiger partial charge in [-0.2, -0.15) is 0 Å². The van der Waals surface area contributed by atoms with Gasteiger partial charge in [0.25, 0.3) is 0 Å². The fourth-order valence-electron chi connectivity index (χ4n) is 1.79. The Bertz CT molecular complexity index is 506. The molecular formula is C14H18N2O2S2. The highest BCUT2D eigenvalue weighted by atomic mass is 32.2. The van der Waals surface area contributed by atoms with Crippen LogP contribution in [0.1, 0.15) is 13.3 Å². The van der Waals surface area contributed by atoms with Crippen LogP contribution in [0.25, 0.3) is 0 Å². The number of amides is 1. The molecule has 1 aliphatic heterocycles. The first-order valence-electron chi connectivity index (χ1n) is 6.52. The molecule has 1 heterocycles. The molecule has 0 bridgehead atoms. The van der Waals surface area contributed by atoms with E-state index < -0.39 is 0 Å². The molecule has 0 saturated heterocycles. The van der Waals surface area contributed by atoms with E-state index >= 15 is 0 Å². The summed E-state index contributed by atoms with van der Waals surface area (Å²) >= 11 is 3.28. The summed E-state index contributed by atoms with van der Waals surface area (Å²) in [5, 5.41) is 2.82. The molecule has 1 amide bonds. The first-order chi connectivity index (χ1) is 9.74. The van der Waals surface area contributed by atoms with E-state index in [0.29, 0.717) is 11.4 Å². The van der Waals surface area contributed by atoms with E-state index in [1.54, 1.807) is 30.6 Å². The predicted octanol–water partition coefficient (Wildman–Crippen LogP) is 3.25. The van der Waals surface area contributed by atoms with Gasteiger partial charge in [-0.25, -0.2) is 0 Å². The lowest BCUT2D eigenvalue weighted by molar-refractivity contribution is -0.115. The van der Waals surface area contributed by atoms with Crippen molar-refractivity contribution in [3.8, 4) is 5.75 Å². The Morgan fingerprint density at radius 1 is 1.55 bits per heavy atom. The highest BCUT2D eigenvalue weighted by molar-refractivity contribution is 8.39. The predicted molar refractivity (Wildman–Crippen MR) is 88.1 cm³/mol. The molecule has 0 aromatic heterocycles. The van der Waals surface area contributed by atoms with Crippen molar-refractivity contribution in [3.63, 3.8) is 0 Å². The fraction of sp³-hybridized carbons (Fsp3) is 0.429. The van der Waals surface area contributed by atoms with Crippen molar-refractivity contribution in [1.82, 2.24) is 0 Å². The number of aliphatic imine (C=N–C) groups is 1. The monoisotopic (exact) mass is 310 g/mol. The van der Waals surface area contributed by atoms with Gasteiger partial charge in [0.15, 0.2) is 0 Å². The average Bonchev–Trinajstić information content (AvgIpc) is 2.98. The topological polar surface area (TPSA) is 50.7 Å². The SMILES string of the molecule is CCC(SC1=NCCS1)C(=O)Nc1ccccc1OC.